The Bertz CT molecular complexity index is 1790. The molecule has 1 heterocycles. The van der Waals surface area contributed by atoms with Gasteiger partial charge in [-0.1, -0.05) is 127 Å². The lowest BCUT2D eigenvalue weighted by Gasteiger charge is -2.44. The van der Waals surface area contributed by atoms with Gasteiger partial charge < -0.3 is 10.2 Å². The van der Waals surface area contributed by atoms with E-state index in [9.17, 15) is 0 Å². The highest BCUT2D eigenvalue weighted by Gasteiger charge is 2.35. The minimum absolute atomic E-state index is 0.235. The zero-order valence-electron chi connectivity index (χ0n) is 25.0. The summed E-state index contributed by atoms with van der Waals surface area (Å²) in [5, 5.41) is 3.93. The SMILES string of the molecule is C1=CCC(C2=CC=CC(c3ccc4c(c3)C3=CC=C(NC5C=CC(c6ccccc6)=CC5)C(C3)N4c3ccccc3)C2)C=C1. The van der Waals surface area contributed by atoms with Crippen molar-refractivity contribution < 1.29 is 0 Å². The van der Waals surface area contributed by atoms with E-state index in [1.54, 1.807) is 5.57 Å². The summed E-state index contributed by atoms with van der Waals surface area (Å²) in [6, 6.07) is 29.4. The fraction of sp³-hybridized carbons (Fsp3) is 0.190. The maximum atomic E-state index is 3.93. The van der Waals surface area contributed by atoms with Crippen LogP contribution in [-0.4, -0.2) is 12.1 Å². The van der Waals surface area contributed by atoms with Gasteiger partial charge in [-0.3, -0.25) is 0 Å². The number of benzene rings is 3. The summed E-state index contributed by atoms with van der Waals surface area (Å²) in [6.45, 7) is 0. The first-order valence-electron chi connectivity index (χ1n) is 16.1. The van der Waals surface area contributed by atoms with Gasteiger partial charge in [-0.15, -0.1) is 0 Å². The molecule has 0 aromatic heterocycles. The van der Waals surface area contributed by atoms with Crippen molar-refractivity contribution in [3.8, 4) is 0 Å². The molecule has 8 rings (SSSR count). The molecule has 3 aromatic carbocycles. The van der Waals surface area contributed by atoms with Crippen LogP contribution < -0.4 is 10.2 Å². The molecule has 0 fully saturated rings. The van der Waals surface area contributed by atoms with Crippen molar-refractivity contribution in [3.05, 3.63) is 180 Å². The number of nitrogens with zero attached hydrogens (tertiary/aromatic N) is 1. The Kier molecular flexibility index (Phi) is 7.12. The third-order valence-corrected chi connectivity index (χ3v) is 9.76. The van der Waals surface area contributed by atoms with Gasteiger partial charge >= 0.3 is 0 Å². The highest BCUT2D eigenvalue weighted by molar-refractivity contribution is 5.88. The summed E-state index contributed by atoms with van der Waals surface area (Å²) in [4.78, 5) is 2.56. The molecule has 0 saturated carbocycles. The van der Waals surface area contributed by atoms with Crippen LogP contribution >= 0.6 is 0 Å². The van der Waals surface area contributed by atoms with Crippen LogP contribution in [0.4, 0.5) is 11.4 Å². The summed E-state index contributed by atoms with van der Waals surface area (Å²) in [5.41, 5.74) is 12.2. The van der Waals surface area contributed by atoms with E-state index >= 15 is 0 Å². The second-order valence-electron chi connectivity index (χ2n) is 12.5. The number of anilines is 2. The first kappa shape index (κ1) is 26.8. The molecule has 2 heteroatoms. The van der Waals surface area contributed by atoms with Crippen LogP contribution in [0.25, 0.3) is 11.1 Å². The summed E-state index contributed by atoms with van der Waals surface area (Å²) in [5.74, 6) is 0.933. The second kappa shape index (κ2) is 11.7. The van der Waals surface area contributed by atoms with Gasteiger partial charge in [0.1, 0.15) is 0 Å². The average molecular weight is 571 g/mol. The van der Waals surface area contributed by atoms with E-state index in [0.717, 1.165) is 25.7 Å². The highest BCUT2D eigenvalue weighted by Crippen LogP contribution is 2.47. The third kappa shape index (κ3) is 5.15. The van der Waals surface area contributed by atoms with Gasteiger partial charge in [0.2, 0.25) is 0 Å². The molecule has 0 spiro atoms. The predicted molar refractivity (Wildman–Crippen MR) is 186 cm³/mol. The van der Waals surface area contributed by atoms with E-state index in [1.165, 1.54) is 44.9 Å². The predicted octanol–water partition coefficient (Wildman–Crippen LogP) is 9.98. The van der Waals surface area contributed by atoms with Crippen LogP contribution in [0.5, 0.6) is 0 Å². The summed E-state index contributed by atoms with van der Waals surface area (Å²) in [7, 11) is 0. The fourth-order valence-electron chi connectivity index (χ4n) is 7.44. The lowest BCUT2D eigenvalue weighted by atomic mass is 9.79. The number of allylic oxidation sites excluding steroid dienone is 12. The van der Waals surface area contributed by atoms with E-state index in [-0.39, 0.29) is 12.1 Å². The molecule has 4 unspecified atom stereocenters. The molecule has 2 bridgehead atoms. The Balaban J connectivity index is 1.08. The molecule has 0 radical (unpaired) electrons. The van der Waals surface area contributed by atoms with Crippen LogP contribution in [0.3, 0.4) is 0 Å². The largest absolute Gasteiger partial charge is 0.380 e. The number of rotatable bonds is 6. The lowest BCUT2D eigenvalue weighted by molar-refractivity contribution is 0.596. The average Bonchev–Trinajstić information content (AvgIpc) is 3.11. The van der Waals surface area contributed by atoms with Crippen molar-refractivity contribution in [1.82, 2.24) is 5.32 Å². The maximum absolute atomic E-state index is 3.93. The number of fused-ring (bicyclic) bond motifs is 4. The smallest absolute Gasteiger partial charge is 0.0778 e. The van der Waals surface area contributed by atoms with E-state index in [1.807, 2.05) is 0 Å². The summed E-state index contributed by atoms with van der Waals surface area (Å²) < 4.78 is 0. The Morgan fingerprint density at radius 2 is 1.55 bits per heavy atom. The molecule has 1 N–H and O–H groups in total. The Morgan fingerprint density at radius 3 is 2.34 bits per heavy atom. The standard InChI is InChI=1S/C42H38N2/c1-4-11-30(12-5-1)32-19-23-37(24-20-32)43-40-25-21-36-29-42(40)44(38-17-8-3-9-18-38)41-26-22-35(28-39(36)41)34-16-10-15-33(27-34)31-13-6-2-7-14-31/h1-13,15-23,25-26,28,31,34,37,42-43H,14,24,27,29H2. The van der Waals surface area contributed by atoms with Crippen molar-refractivity contribution in [2.75, 3.05) is 4.90 Å². The zero-order valence-corrected chi connectivity index (χ0v) is 25.0. The van der Waals surface area contributed by atoms with Gasteiger partial charge in [0, 0.05) is 40.5 Å². The molecule has 216 valence electrons. The minimum atomic E-state index is 0.235. The van der Waals surface area contributed by atoms with Crippen LogP contribution in [-0.2, 0) is 0 Å². The molecule has 0 saturated heterocycles. The zero-order chi connectivity index (χ0) is 29.3. The van der Waals surface area contributed by atoms with Crippen LogP contribution in [0, 0.1) is 5.92 Å². The van der Waals surface area contributed by atoms with Crippen LogP contribution in [0.15, 0.2) is 163 Å². The fourth-order valence-corrected chi connectivity index (χ4v) is 7.44. The van der Waals surface area contributed by atoms with Crippen molar-refractivity contribution in [1.29, 1.82) is 0 Å². The molecule has 2 nitrogen and oxygen atoms in total. The molecule has 4 atom stereocenters. The summed E-state index contributed by atoms with van der Waals surface area (Å²) in [6.07, 6.45) is 31.9. The Labute approximate surface area is 261 Å². The number of hydrogen-bond acceptors (Lipinski definition) is 2. The van der Waals surface area contributed by atoms with Gasteiger partial charge in [0.15, 0.2) is 0 Å². The molecular formula is C42H38N2. The quantitative estimate of drug-likeness (QED) is 0.317. The third-order valence-electron chi connectivity index (χ3n) is 9.76. The van der Waals surface area contributed by atoms with Gasteiger partial charge in [0.25, 0.3) is 0 Å². The first-order chi connectivity index (χ1) is 21.8. The van der Waals surface area contributed by atoms with E-state index < -0.39 is 0 Å². The Hall–Kier alpha value is -4.82. The minimum Gasteiger partial charge on any atom is -0.380 e. The Morgan fingerprint density at radius 1 is 0.705 bits per heavy atom. The van der Waals surface area contributed by atoms with Gasteiger partial charge in [0.05, 0.1) is 6.04 Å². The van der Waals surface area contributed by atoms with Crippen LogP contribution in [0.1, 0.15) is 48.3 Å². The topological polar surface area (TPSA) is 15.3 Å². The number of hydrogen-bond donors (Lipinski definition) is 1. The molecule has 44 heavy (non-hydrogen) atoms. The monoisotopic (exact) mass is 570 g/mol. The second-order valence-corrected chi connectivity index (χ2v) is 12.5. The van der Waals surface area contributed by atoms with E-state index in [4.69, 9.17) is 0 Å². The molecule has 3 aromatic rings. The number of nitrogens with one attached hydrogen (secondary N) is 1. The van der Waals surface area contributed by atoms with Crippen molar-refractivity contribution in [3.63, 3.8) is 0 Å². The van der Waals surface area contributed by atoms with Gasteiger partial charge in [-0.25, -0.2) is 0 Å². The molecule has 5 aliphatic rings. The first-order valence-corrected chi connectivity index (χ1v) is 16.1. The molecule has 4 aliphatic carbocycles. The van der Waals surface area contributed by atoms with E-state index in [2.05, 4.69) is 162 Å². The highest BCUT2D eigenvalue weighted by atomic mass is 15.2. The molecule has 0 amide bonds. The normalized spacial score (nSPS) is 25.0. The van der Waals surface area contributed by atoms with Gasteiger partial charge in [-0.05, 0) is 78.3 Å². The molecule has 1 aliphatic heterocycles. The van der Waals surface area contributed by atoms with Crippen molar-refractivity contribution in [2.24, 2.45) is 5.92 Å². The maximum Gasteiger partial charge on any atom is 0.0778 e. The van der Waals surface area contributed by atoms with Crippen molar-refractivity contribution >= 4 is 22.5 Å². The summed E-state index contributed by atoms with van der Waals surface area (Å²) >= 11 is 0. The van der Waals surface area contributed by atoms with Crippen LogP contribution in [0.2, 0.25) is 0 Å². The molecular weight excluding hydrogens is 532 g/mol. The lowest BCUT2D eigenvalue weighted by Crippen LogP contribution is -2.44. The van der Waals surface area contributed by atoms with E-state index in [0.29, 0.717) is 11.8 Å². The number of para-hydroxylation sites is 1. The van der Waals surface area contributed by atoms with Crippen molar-refractivity contribution in [2.45, 2.75) is 43.7 Å². The van der Waals surface area contributed by atoms with Gasteiger partial charge in [-0.2, -0.15) is 0 Å².